The maximum atomic E-state index is 11.0. The van der Waals surface area contributed by atoms with Crippen molar-refractivity contribution in [1.29, 1.82) is 0 Å². The van der Waals surface area contributed by atoms with Crippen LogP contribution >= 0.6 is 0 Å². The van der Waals surface area contributed by atoms with Gasteiger partial charge in [-0.2, -0.15) is 0 Å². The van der Waals surface area contributed by atoms with Crippen LogP contribution in [0.3, 0.4) is 0 Å². The molecule has 0 fully saturated rings. The molecule has 0 aliphatic rings. The number of aromatic nitrogens is 2. The zero-order valence-electron chi connectivity index (χ0n) is 11.4. The van der Waals surface area contributed by atoms with Crippen molar-refractivity contribution >= 4 is 5.97 Å². The molecule has 2 rings (SSSR count). The average Bonchev–Trinajstić information content (AvgIpc) is 2.47. The smallest absolute Gasteiger partial charge is 0.360 e. The Morgan fingerprint density at radius 1 is 1.25 bits per heavy atom. The van der Waals surface area contributed by atoms with Gasteiger partial charge in [-0.3, -0.25) is 0 Å². The van der Waals surface area contributed by atoms with Crippen molar-refractivity contribution < 1.29 is 14.6 Å². The van der Waals surface area contributed by atoms with E-state index in [4.69, 9.17) is 9.84 Å². The van der Waals surface area contributed by atoms with Crippen molar-refractivity contribution in [2.24, 2.45) is 0 Å². The molecule has 1 unspecified atom stereocenters. The summed E-state index contributed by atoms with van der Waals surface area (Å²) in [6.07, 6.45) is 3.78. The van der Waals surface area contributed by atoms with Gasteiger partial charge in [0.05, 0.1) is 0 Å². The lowest BCUT2D eigenvalue weighted by Gasteiger charge is -2.10. The van der Waals surface area contributed by atoms with Gasteiger partial charge in [0.15, 0.2) is 0 Å². The van der Waals surface area contributed by atoms with E-state index in [0.717, 1.165) is 6.42 Å². The predicted octanol–water partition coefficient (Wildman–Crippen LogP) is 3.48. The van der Waals surface area contributed by atoms with Crippen LogP contribution in [0.1, 0.15) is 42.2 Å². The first-order valence-corrected chi connectivity index (χ1v) is 6.44. The zero-order valence-corrected chi connectivity index (χ0v) is 11.4. The molecule has 0 aliphatic heterocycles. The molecule has 0 saturated carbocycles. The van der Waals surface area contributed by atoms with Crippen LogP contribution in [0.15, 0.2) is 36.7 Å². The molecule has 0 saturated heterocycles. The number of aromatic carboxylic acids is 1. The van der Waals surface area contributed by atoms with Crippen LogP contribution in [-0.2, 0) is 0 Å². The van der Waals surface area contributed by atoms with Gasteiger partial charge in [0.2, 0.25) is 5.69 Å². The standard InChI is InChI=1S/C15H16N2O3/c1-3-10(2)11-4-6-12(7-5-11)20-14-13(15(18)19)16-8-9-17-14/h4-10H,3H2,1-2H3,(H,18,19). The minimum absolute atomic E-state index is 0.00344. The van der Waals surface area contributed by atoms with Gasteiger partial charge >= 0.3 is 5.97 Å². The molecule has 1 aromatic carbocycles. The van der Waals surface area contributed by atoms with Crippen LogP contribution in [0.2, 0.25) is 0 Å². The van der Waals surface area contributed by atoms with Crippen LogP contribution in [0.4, 0.5) is 0 Å². The van der Waals surface area contributed by atoms with Crippen molar-refractivity contribution in [3.8, 4) is 11.6 Å². The molecule has 5 nitrogen and oxygen atoms in total. The largest absolute Gasteiger partial charge is 0.476 e. The third kappa shape index (κ3) is 3.12. The molecule has 2 aromatic rings. The SMILES string of the molecule is CCC(C)c1ccc(Oc2nccnc2C(=O)O)cc1. The number of rotatable bonds is 5. The zero-order chi connectivity index (χ0) is 14.5. The normalized spacial score (nSPS) is 11.9. The summed E-state index contributed by atoms with van der Waals surface area (Å²) in [5.41, 5.74) is 1.02. The van der Waals surface area contributed by atoms with Gasteiger partial charge in [-0.1, -0.05) is 26.0 Å². The molecule has 0 aliphatic carbocycles. The molecular weight excluding hydrogens is 256 g/mol. The Morgan fingerprint density at radius 2 is 1.90 bits per heavy atom. The lowest BCUT2D eigenvalue weighted by molar-refractivity contribution is 0.0686. The van der Waals surface area contributed by atoms with E-state index in [1.165, 1.54) is 18.0 Å². The Balaban J connectivity index is 2.20. The molecule has 20 heavy (non-hydrogen) atoms. The van der Waals surface area contributed by atoms with Gasteiger partial charge in [0, 0.05) is 12.4 Å². The fraction of sp³-hybridized carbons (Fsp3) is 0.267. The van der Waals surface area contributed by atoms with Crippen LogP contribution in [-0.4, -0.2) is 21.0 Å². The Hall–Kier alpha value is -2.43. The maximum absolute atomic E-state index is 11.0. The number of benzene rings is 1. The highest BCUT2D eigenvalue weighted by Crippen LogP contribution is 2.25. The first-order valence-electron chi connectivity index (χ1n) is 6.44. The molecule has 1 atom stereocenters. The second kappa shape index (κ2) is 6.14. The van der Waals surface area contributed by atoms with E-state index in [1.807, 2.05) is 24.3 Å². The fourth-order valence-corrected chi connectivity index (χ4v) is 1.76. The highest BCUT2D eigenvalue weighted by atomic mass is 16.5. The molecule has 5 heteroatoms. The van der Waals surface area contributed by atoms with Crippen LogP contribution < -0.4 is 4.74 Å². The Kier molecular flexibility index (Phi) is 4.30. The third-order valence-electron chi connectivity index (χ3n) is 3.14. The second-order valence-corrected chi connectivity index (χ2v) is 4.50. The number of carboxylic acids is 1. The molecular formula is C15H16N2O3. The summed E-state index contributed by atoms with van der Waals surface area (Å²) in [5, 5.41) is 9.01. The molecule has 1 N–H and O–H groups in total. The van der Waals surface area contributed by atoms with E-state index >= 15 is 0 Å². The van der Waals surface area contributed by atoms with Gasteiger partial charge in [0.1, 0.15) is 5.75 Å². The Bertz CT molecular complexity index is 596. The molecule has 0 bridgehead atoms. The molecule has 0 amide bonds. The fourth-order valence-electron chi connectivity index (χ4n) is 1.76. The highest BCUT2D eigenvalue weighted by molar-refractivity contribution is 5.87. The number of carbonyl (C=O) groups is 1. The molecule has 1 aromatic heterocycles. The monoisotopic (exact) mass is 272 g/mol. The van der Waals surface area contributed by atoms with Gasteiger partial charge in [0.25, 0.3) is 5.88 Å². The number of ether oxygens (including phenoxy) is 1. The van der Waals surface area contributed by atoms with Crippen molar-refractivity contribution in [3.05, 3.63) is 47.9 Å². The predicted molar refractivity (Wildman–Crippen MR) is 74.2 cm³/mol. The number of hydrogen-bond donors (Lipinski definition) is 1. The lowest BCUT2D eigenvalue weighted by Crippen LogP contribution is -2.04. The van der Waals surface area contributed by atoms with E-state index in [0.29, 0.717) is 11.7 Å². The van der Waals surface area contributed by atoms with Gasteiger partial charge in [-0.05, 0) is 30.0 Å². The minimum atomic E-state index is -1.16. The molecule has 104 valence electrons. The van der Waals surface area contributed by atoms with Crippen LogP contribution in [0, 0.1) is 0 Å². The highest BCUT2D eigenvalue weighted by Gasteiger charge is 2.14. The van der Waals surface area contributed by atoms with Crippen molar-refractivity contribution in [3.63, 3.8) is 0 Å². The molecule has 0 radical (unpaired) electrons. The summed E-state index contributed by atoms with van der Waals surface area (Å²) in [4.78, 5) is 18.7. The van der Waals surface area contributed by atoms with Crippen molar-refractivity contribution in [1.82, 2.24) is 9.97 Å². The lowest BCUT2D eigenvalue weighted by atomic mass is 9.99. The van der Waals surface area contributed by atoms with E-state index in [2.05, 4.69) is 23.8 Å². The van der Waals surface area contributed by atoms with Gasteiger partial charge in [-0.15, -0.1) is 0 Å². The van der Waals surface area contributed by atoms with E-state index < -0.39 is 5.97 Å². The van der Waals surface area contributed by atoms with Crippen molar-refractivity contribution in [2.45, 2.75) is 26.2 Å². The first-order chi connectivity index (χ1) is 9.61. The van der Waals surface area contributed by atoms with Crippen LogP contribution in [0.5, 0.6) is 11.6 Å². The Morgan fingerprint density at radius 3 is 2.50 bits per heavy atom. The first kappa shape index (κ1) is 14.0. The summed E-state index contributed by atoms with van der Waals surface area (Å²) in [6, 6.07) is 7.56. The summed E-state index contributed by atoms with van der Waals surface area (Å²) in [5.74, 6) is -0.143. The number of hydrogen-bond acceptors (Lipinski definition) is 4. The van der Waals surface area contributed by atoms with Gasteiger partial charge < -0.3 is 9.84 Å². The second-order valence-electron chi connectivity index (χ2n) is 4.50. The van der Waals surface area contributed by atoms with Crippen LogP contribution in [0.25, 0.3) is 0 Å². The third-order valence-corrected chi connectivity index (χ3v) is 3.14. The topological polar surface area (TPSA) is 72.3 Å². The number of carboxylic acid groups (broad SMARTS) is 1. The van der Waals surface area contributed by atoms with E-state index in [-0.39, 0.29) is 11.6 Å². The number of nitrogens with zero attached hydrogens (tertiary/aromatic N) is 2. The summed E-state index contributed by atoms with van der Waals surface area (Å²) >= 11 is 0. The van der Waals surface area contributed by atoms with E-state index in [1.54, 1.807) is 0 Å². The van der Waals surface area contributed by atoms with E-state index in [9.17, 15) is 4.79 Å². The summed E-state index contributed by atoms with van der Waals surface area (Å²) < 4.78 is 5.48. The average molecular weight is 272 g/mol. The minimum Gasteiger partial charge on any atom is -0.476 e. The maximum Gasteiger partial charge on any atom is 0.360 e. The van der Waals surface area contributed by atoms with Crippen molar-refractivity contribution in [2.75, 3.05) is 0 Å². The molecule has 0 spiro atoms. The Labute approximate surface area is 117 Å². The molecule has 1 heterocycles. The summed E-state index contributed by atoms with van der Waals surface area (Å²) in [7, 11) is 0. The van der Waals surface area contributed by atoms with Gasteiger partial charge in [-0.25, -0.2) is 14.8 Å². The quantitative estimate of drug-likeness (QED) is 0.902. The summed E-state index contributed by atoms with van der Waals surface area (Å²) in [6.45, 7) is 4.29.